The van der Waals surface area contributed by atoms with Crippen molar-refractivity contribution in [3.05, 3.63) is 24.3 Å². The minimum atomic E-state index is -3.82. The molecule has 1 atom stereocenters. The Bertz CT molecular complexity index is 581. The van der Waals surface area contributed by atoms with Crippen molar-refractivity contribution >= 4 is 10.0 Å². The van der Waals surface area contributed by atoms with Crippen LogP contribution in [0.25, 0.3) is 0 Å². The highest BCUT2D eigenvalue weighted by Gasteiger charge is 2.34. The van der Waals surface area contributed by atoms with Crippen molar-refractivity contribution in [2.75, 3.05) is 26.7 Å². The topological polar surface area (TPSA) is 58.6 Å². The second-order valence-electron chi connectivity index (χ2n) is 4.90. The molecule has 1 aromatic carbocycles. The number of nitrogens with one attached hydrogen (secondary N) is 1. The molecule has 1 saturated heterocycles. The number of hydrogen-bond acceptors (Lipinski definition) is 4. The molecule has 0 saturated carbocycles. The Morgan fingerprint density at radius 3 is 2.81 bits per heavy atom. The highest BCUT2D eigenvalue weighted by Crippen LogP contribution is 2.30. The molecule has 1 aromatic rings. The first kappa shape index (κ1) is 16.1. The maximum Gasteiger partial charge on any atom is 0.387 e. The maximum atomic E-state index is 12.6. The molecule has 0 spiro atoms. The molecule has 0 amide bonds. The summed E-state index contributed by atoms with van der Waals surface area (Å²) in [5.41, 5.74) is 0. The van der Waals surface area contributed by atoms with Gasteiger partial charge < -0.3 is 10.1 Å². The number of halogens is 2. The van der Waals surface area contributed by atoms with Crippen LogP contribution in [0.15, 0.2) is 29.2 Å². The molecule has 1 fully saturated rings. The van der Waals surface area contributed by atoms with Crippen molar-refractivity contribution in [2.45, 2.75) is 17.9 Å². The van der Waals surface area contributed by atoms with Crippen LogP contribution in [0.3, 0.4) is 0 Å². The average molecular weight is 320 g/mol. The third kappa shape index (κ3) is 3.69. The van der Waals surface area contributed by atoms with Crippen LogP contribution < -0.4 is 10.1 Å². The summed E-state index contributed by atoms with van der Waals surface area (Å²) in [6, 6.07) is 5.48. The van der Waals surface area contributed by atoms with Gasteiger partial charge in [0.1, 0.15) is 10.6 Å². The molecule has 2 rings (SSSR count). The predicted octanol–water partition coefficient (Wildman–Crippen LogP) is 1.52. The van der Waals surface area contributed by atoms with Crippen molar-refractivity contribution in [3.63, 3.8) is 0 Å². The third-order valence-electron chi connectivity index (χ3n) is 3.42. The first-order valence-electron chi connectivity index (χ1n) is 6.63. The zero-order chi connectivity index (χ0) is 15.5. The van der Waals surface area contributed by atoms with E-state index in [-0.39, 0.29) is 16.6 Å². The Morgan fingerprint density at radius 1 is 1.43 bits per heavy atom. The lowest BCUT2D eigenvalue weighted by atomic mass is 10.1. The number of alkyl halides is 2. The molecule has 1 N–H and O–H groups in total. The Morgan fingerprint density at radius 2 is 2.14 bits per heavy atom. The van der Waals surface area contributed by atoms with Gasteiger partial charge in [-0.3, -0.25) is 0 Å². The average Bonchev–Trinajstić information content (AvgIpc) is 2.88. The van der Waals surface area contributed by atoms with E-state index in [0.29, 0.717) is 13.1 Å². The molecule has 0 aromatic heterocycles. The quantitative estimate of drug-likeness (QED) is 0.863. The number of rotatable bonds is 6. The van der Waals surface area contributed by atoms with E-state index in [1.807, 2.05) is 7.05 Å². The van der Waals surface area contributed by atoms with Crippen LogP contribution in [0.1, 0.15) is 6.42 Å². The van der Waals surface area contributed by atoms with E-state index in [9.17, 15) is 17.2 Å². The number of benzene rings is 1. The summed E-state index contributed by atoms with van der Waals surface area (Å²) in [5.74, 6) is -0.0856. The smallest absolute Gasteiger partial charge is 0.387 e. The van der Waals surface area contributed by atoms with Gasteiger partial charge in [0.15, 0.2) is 0 Å². The van der Waals surface area contributed by atoms with E-state index in [2.05, 4.69) is 10.1 Å². The highest BCUT2D eigenvalue weighted by atomic mass is 32.2. The summed E-state index contributed by atoms with van der Waals surface area (Å²) in [4.78, 5) is -0.213. The zero-order valence-corrected chi connectivity index (χ0v) is 12.4. The van der Waals surface area contributed by atoms with E-state index in [4.69, 9.17) is 0 Å². The van der Waals surface area contributed by atoms with Crippen LogP contribution in [0, 0.1) is 5.92 Å². The molecule has 1 aliphatic heterocycles. The SMILES string of the molecule is CNCC1CCN(S(=O)(=O)c2ccccc2OC(F)F)C1. The van der Waals surface area contributed by atoms with Gasteiger partial charge in [0.05, 0.1) is 0 Å². The predicted molar refractivity (Wildman–Crippen MR) is 73.9 cm³/mol. The first-order valence-corrected chi connectivity index (χ1v) is 8.07. The first-order chi connectivity index (χ1) is 9.95. The van der Waals surface area contributed by atoms with Crippen LogP contribution in [0.4, 0.5) is 8.78 Å². The Balaban J connectivity index is 2.24. The Labute approximate surface area is 122 Å². The molecule has 8 heteroatoms. The van der Waals surface area contributed by atoms with Gasteiger partial charge in [-0.25, -0.2) is 8.42 Å². The van der Waals surface area contributed by atoms with Gasteiger partial charge in [0.2, 0.25) is 10.0 Å². The second kappa shape index (κ2) is 6.67. The Hall–Kier alpha value is -1.25. The lowest BCUT2D eigenvalue weighted by molar-refractivity contribution is -0.0517. The maximum absolute atomic E-state index is 12.6. The number of ether oxygens (including phenoxy) is 1. The van der Waals surface area contributed by atoms with E-state index in [1.165, 1.54) is 28.6 Å². The van der Waals surface area contributed by atoms with Gasteiger partial charge in [-0.05, 0) is 38.1 Å². The fourth-order valence-corrected chi connectivity index (χ4v) is 4.12. The standard InChI is InChI=1S/C13H18F2N2O3S/c1-16-8-10-6-7-17(9-10)21(18,19)12-5-3-2-4-11(12)20-13(14)15/h2-5,10,13,16H,6-9H2,1H3. The number of sulfonamides is 1. The number of hydrogen-bond donors (Lipinski definition) is 1. The van der Waals surface area contributed by atoms with Crippen LogP contribution >= 0.6 is 0 Å². The highest BCUT2D eigenvalue weighted by molar-refractivity contribution is 7.89. The molecule has 0 bridgehead atoms. The van der Waals surface area contributed by atoms with E-state index < -0.39 is 16.6 Å². The molecule has 21 heavy (non-hydrogen) atoms. The van der Waals surface area contributed by atoms with E-state index in [0.717, 1.165) is 13.0 Å². The van der Waals surface area contributed by atoms with Gasteiger partial charge in [-0.1, -0.05) is 12.1 Å². The lowest BCUT2D eigenvalue weighted by Gasteiger charge is -2.18. The van der Waals surface area contributed by atoms with Crippen molar-refractivity contribution in [1.29, 1.82) is 0 Å². The molecular weight excluding hydrogens is 302 g/mol. The minimum Gasteiger partial charge on any atom is -0.433 e. The molecule has 1 aliphatic rings. The zero-order valence-electron chi connectivity index (χ0n) is 11.6. The molecule has 1 heterocycles. The fourth-order valence-electron chi connectivity index (χ4n) is 2.47. The Kier molecular flexibility index (Phi) is 5.13. The molecule has 118 valence electrons. The van der Waals surface area contributed by atoms with Crippen LogP contribution in [-0.2, 0) is 10.0 Å². The summed E-state index contributed by atoms with van der Waals surface area (Å²) >= 11 is 0. The van der Waals surface area contributed by atoms with Gasteiger partial charge in [-0.2, -0.15) is 13.1 Å². The van der Waals surface area contributed by atoms with Crippen LogP contribution in [-0.4, -0.2) is 46.0 Å². The fraction of sp³-hybridized carbons (Fsp3) is 0.538. The third-order valence-corrected chi connectivity index (χ3v) is 5.33. The lowest BCUT2D eigenvalue weighted by Crippen LogP contribution is -2.30. The molecule has 5 nitrogen and oxygen atoms in total. The summed E-state index contributed by atoms with van der Waals surface area (Å²) in [6.45, 7) is -1.57. The normalized spacial score (nSPS) is 20.1. The summed E-state index contributed by atoms with van der Waals surface area (Å²) in [6.07, 6.45) is 0.748. The number of para-hydroxylation sites is 1. The van der Waals surface area contributed by atoms with Crippen LogP contribution in [0.5, 0.6) is 5.75 Å². The van der Waals surface area contributed by atoms with E-state index in [1.54, 1.807) is 0 Å². The molecular formula is C13H18F2N2O3S. The molecule has 0 aliphatic carbocycles. The van der Waals surface area contributed by atoms with Crippen molar-refractivity contribution in [2.24, 2.45) is 5.92 Å². The summed E-state index contributed by atoms with van der Waals surface area (Å²) in [7, 11) is -2.01. The van der Waals surface area contributed by atoms with Gasteiger partial charge in [0, 0.05) is 13.1 Å². The van der Waals surface area contributed by atoms with Crippen LogP contribution in [0.2, 0.25) is 0 Å². The van der Waals surface area contributed by atoms with Crippen molar-refractivity contribution < 1.29 is 21.9 Å². The largest absolute Gasteiger partial charge is 0.433 e. The van der Waals surface area contributed by atoms with Crippen molar-refractivity contribution in [3.8, 4) is 5.75 Å². The summed E-state index contributed by atoms with van der Waals surface area (Å²) < 4.78 is 55.5. The molecule has 0 radical (unpaired) electrons. The monoisotopic (exact) mass is 320 g/mol. The number of nitrogens with zero attached hydrogens (tertiary/aromatic N) is 1. The van der Waals surface area contributed by atoms with Gasteiger partial charge >= 0.3 is 6.61 Å². The van der Waals surface area contributed by atoms with Gasteiger partial charge in [-0.15, -0.1) is 0 Å². The van der Waals surface area contributed by atoms with Crippen molar-refractivity contribution in [1.82, 2.24) is 9.62 Å². The molecule has 1 unspecified atom stereocenters. The van der Waals surface area contributed by atoms with E-state index >= 15 is 0 Å². The minimum absolute atomic E-state index is 0.213. The van der Waals surface area contributed by atoms with Gasteiger partial charge in [0.25, 0.3) is 0 Å². The summed E-state index contributed by atoms with van der Waals surface area (Å²) in [5, 5.41) is 3.01. The second-order valence-corrected chi connectivity index (χ2v) is 6.81.